The number of nitrogens with one attached hydrogen (secondary N) is 1. The van der Waals surface area contributed by atoms with Gasteiger partial charge in [-0.2, -0.15) is 0 Å². The summed E-state index contributed by atoms with van der Waals surface area (Å²) >= 11 is 1.48. The predicted molar refractivity (Wildman–Crippen MR) is 127 cm³/mol. The molecule has 3 heterocycles. The van der Waals surface area contributed by atoms with Gasteiger partial charge in [-0.15, -0.1) is 11.3 Å². The van der Waals surface area contributed by atoms with Gasteiger partial charge in [-0.05, 0) is 23.8 Å². The van der Waals surface area contributed by atoms with E-state index in [1.165, 1.54) is 23.5 Å². The summed E-state index contributed by atoms with van der Waals surface area (Å²) in [6.07, 6.45) is 5.45. The van der Waals surface area contributed by atoms with Crippen LogP contribution in [0.4, 0.5) is 10.1 Å². The molecule has 5 rings (SSSR count). The maximum absolute atomic E-state index is 14.8. The van der Waals surface area contributed by atoms with E-state index in [2.05, 4.69) is 15.3 Å². The number of hydrogen-bond donors (Lipinski definition) is 1. The highest BCUT2D eigenvalue weighted by Crippen LogP contribution is 2.39. The summed E-state index contributed by atoms with van der Waals surface area (Å²) in [6, 6.07) is 17.4. The number of halogens is 1. The molecule has 164 valence electrons. The molecule has 0 fully saturated rings. The first-order chi connectivity index (χ1) is 16.1. The van der Waals surface area contributed by atoms with Gasteiger partial charge < -0.3 is 14.6 Å². The molecule has 1 amide bonds. The first-order valence-corrected chi connectivity index (χ1v) is 11.1. The maximum Gasteiger partial charge on any atom is 0.228 e. The van der Waals surface area contributed by atoms with E-state index in [0.717, 1.165) is 26.5 Å². The van der Waals surface area contributed by atoms with Crippen LogP contribution in [0.5, 0.6) is 11.5 Å². The molecule has 0 atom stereocenters. The zero-order chi connectivity index (χ0) is 22.8. The molecule has 8 heteroatoms. The van der Waals surface area contributed by atoms with Crippen molar-refractivity contribution in [3.63, 3.8) is 0 Å². The largest absolute Gasteiger partial charge is 0.453 e. The standard InChI is InChI=1S/C25H19FN4O2S/c1-30-12-11-28-25(30)22-15-19-24(33-22)21(9-10-27-19)32-20-8-7-17(14-18(20)26)29-23(31)13-16-5-3-2-4-6-16/h2-12,14-15H,13H2,1H3,(H,29,31). The summed E-state index contributed by atoms with van der Waals surface area (Å²) in [5, 5.41) is 2.72. The number of amides is 1. The van der Waals surface area contributed by atoms with Gasteiger partial charge in [0.1, 0.15) is 11.6 Å². The SMILES string of the molecule is Cn1ccnc1-c1cc2nccc(Oc3ccc(NC(=O)Cc4ccccc4)cc3F)c2s1. The van der Waals surface area contributed by atoms with Gasteiger partial charge >= 0.3 is 0 Å². The minimum Gasteiger partial charge on any atom is -0.453 e. The van der Waals surface area contributed by atoms with E-state index in [1.807, 2.05) is 54.2 Å². The van der Waals surface area contributed by atoms with Gasteiger partial charge in [-0.1, -0.05) is 30.3 Å². The number of aryl methyl sites for hydroxylation is 1. The number of rotatable bonds is 6. The van der Waals surface area contributed by atoms with E-state index in [0.29, 0.717) is 11.4 Å². The third-order valence-corrected chi connectivity index (χ3v) is 6.20. The lowest BCUT2D eigenvalue weighted by Crippen LogP contribution is -2.14. The van der Waals surface area contributed by atoms with Crippen LogP contribution in [0, 0.1) is 5.82 Å². The van der Waals surface area contributed by atoms with Crippen LogP contribution in [0.15, 0.2) is 79.3 Å². The molecule has 3 aromatic heterocycles. The van der Waals surface area contributed by atoms with E-state index in [-0.39, 0.29) is 18.1 Å². The summed E-state index contributed by atoms with van der Waals surface area (Å²) in [5.41, 5.74) is 2.01. The molecule has 0 aliphatic heterocycles. The smallest absolute Gasteiger partial charge is 0.228 e. The van der Waals surface area contributed by atoms with Crippen LogP contribution in [0.3, 0.4) is 0 Å². The fraction of sp³-hybridized carbons (Fsp3) is 0.0800. The average Bonchev–Trinajstić information content (AvgIpc) is 3.42. The van der Waals surface area contributed by atoms with Crippen molar-refractivity contribution in [2.75, 3.05) is 5.32 Å². The summed E-state index contributed by atoms with van der Waals surface area (Å²) in [7, 11) is 1.92. The van der Waals surface area contributed by atoms with Crippen molar-refractivity contribution in [1.82, 2.24) is 14.5 Å². The molecule has 33 heavy (non-hydrogen) atoms. The van der Waals surface area contributed by atoms with E-state index >= 15 is 0 Å². The monoisotopic (exact) mass is 458 g/mol. The second-order valence-corrected chi connectivity index (χ2v) is 8.51. The summed E-state index contributed by atoms with van der Waals surface area (Å²) in [4.78, 5) is 22.0. The summed E-state index contributed by atoms with van der Waals surface area (Å²) in [5.74, 6) is 0.607. The van der Waals surface area contributed by atoms with E-state index in [4.69, 9.17) is 4.74 Å². The molecule has 0 radical (unpaired) electrons. The Labute approximate surface area is 193 Å². The number of anilines is 1. The summed E-state index contributed by atoms with van der Waals surface area (Å²) in [6.45, 7) is 0. The molecule has 6 nitrogen and oxygen atoms in total. The average molecular weight is 459 g/mol. The molecule has 0 saturated carbocycles. The number of benzene rings is 2. The Kier molecular flexibility index (Phi) is 5.58. The Morgan fingerprint density at radius 3 is 2.67 bits per heavy atom. The molecular weight excluding hydrogens is 439 g/mol. The highest BCUT2D eigenvalue weighted by Gasteiger charge is 2.15. The molecular formula is C25H19FN4O2S. The zero-order valence-corrected chi connectivity index (χ0v) is 18.5. The third kappa shape index (κ3) is 4.47. The fourth-order valence-electron chi connectivity index (χ4n) is 3.47. The Hall–Kier alpha value is -4.04. The number of fused-ring (bicyclic) bond motifs is 1. The van der Waals surface area contributed by atoms with Crippen LogP contribution in [0.2, 0.25) is 0 Å². The number of thiophene rings is 1. The first kappa shape index (κ1) is 20.8. The van der Waals surface area contributed by atoms with Crippen molar-refractivity contribution in [1.29, 1.82) is 0 Å². The molecule has 0 spiro atoms. The minimum absolute atomic E-state index is 0.0653. The Bertz CT molecular complexity index is 1450. The van der Waals surface area contributed by atoms with Gasteiger partial charge in [-0.25, -0.2) is 9.37 Å². The molecule has 1 N–H and O–H groups in total. The van der Waals surface area contributed by atoms with Crippen LogP contribution >= 0.6 is 11.3 Å². The zero-order valence-electron chi connectivity index (χ0n) is 17.7. The van der Waals surface area contributed by atoms with E-state index in [9.17, 15) is 9.18 Å². The van der Waals surface area contributed by atoms with Crippen LogP contribution in [-0.4, -0.2) is 20.4 Å². The number of carbonyl (C=O) groups is 1. The highest BCUT2D eigenvalue weighted by molar-refractivity contribution is 7.22. The lowest BCUT2D eigenvalue weighted by molar-refractivity contribution is -0.115. The van der Waals surface area contributed by atoms with Crippen LogP contribution < -0.4 is 10.1 Å². The van der Waals surface area contributed by atoms with Gasteiger partial charge in [0, 0.05) is 43.5 Å². The Balaban J connectivity index is 1.35. The number of ether oxygens (including phenoxy) is 1. The Morgan fingerprint density at radius 1 is 1.06 bits per heavy atom. The van der Waals surface area contributed by atoms with E-state index < -0.39 is 5.82 Å². The van der Waals surface area contributed by atoms with Gasteiger partial charge in [0.05, 0.1) is 21.5 Å². The molecule has 0 unspecified atom stereocenters. The van der Waals surface area contributed by atoms with Crippen molar-refractivity contribution in [3.05, 3.63) is 90.6 Å². The minimum atomic E-state index is -0.571. The lowest BCUT2D eigenvalue weighted by atomic mass is 10.1. The predicted octanol–water partition coefficient (Wildman–Crippen LogP) is 5.81. The highest BCUT2D eigenvalue weighted by atomic mass is 32.1. The third-order valence-electron chi connectivity index (χ3n) is 5.06. The molecule has 2 aromatic carbocycles. The lowest BCUT2D eigenvalue weighted by Gasteiger charge is -2.10. The van der Waals surface area contributed by atoms with Crippen molar-refractivity contribution in [3.8, 4) is 22.2 Å². The number of hydrogen-bond acceptors (Lipinski definition) is 5. The molecule has 0 saturated heterocycles. The van der Waals surface area contributed by atoms with Crippen molar-refractivity contribution < 1.29 is 13.9 Å². The van der Waals surface area contributed by atoms with Gasteiger partial charge in [0.2, 0.25) is 5.91 Å². The quantitative estimate of drug-likeness (QED) is 0.349. The number of carbonyl (C=O) groups excluding carboxylic acids is 1. The second-order valence-electron chi connectivity index (χ2n) is 7.45. The normalized spacial score (nSPS) is 11.0. The van der Waals surface area contributed by atoms with Gasteiger partial charge in [-0.3, -0.25) is 9.78 Å². The van der Waals surface area contributed by atoms with Crippen LogP contribution in [0.25, 0.3) is 20.9 Å². The number of aromatic nitrogens is 3. The molecule has 0 aliphatic rings. The molecule has 0 aliphatic carbocycles. The van der Waals surface area contributed by atoms with Crippen molar-refractivity contribution in [2.45, 2.75) is 6.42 Å². The van der Waals surface area contributed by atoms with Crippen LogP contribution in [-0.2, 0) is 18.3 Å². The number of imidazole rings is 1. The van der Waals surface area contributed by atoms with Gasteiger partial charge in [0.25, 0.3) is 0 Å². The fourth-order valence-corrected chi connectivity index (χ4v) is 4.58. The molecule has 0 bridgehead atoms. The van der Waals surface area contributed by atoms with Crippen LogP contribution in [0.1, 0.15) is 5.56 Å². The topological polar surface area (TPSA) is 69.0 Å². The number of nitrogens with zero attached hydrogens (tertiary/aromatic N) is 3. The number of pyridine rings is 1. The summed E-state index contributed by atoms with van der Waals surface area (Å²) < 4.78 is 23.4. The second kappa shape index (κ2) is 8.84. The maximum atomic E-state index is 14.8. The Morgan fingerprint density at radius 2 is 1.91 bits per heavy atom. The van der Waals surface area contributed by atoms with Crippen molar-refractivity contribution in [2.24, 2.45) is 7.05 Å². The van der Waals surface area contributed by atoms with Gasteiger partial charge in [0.15, 0.2) is 11.6 Å². The van der Waals surface area contributed by atoms with E-state index in [1.54, 1.807) is 24.5 Å². The van der Waals surface area contributed by atoms with Crippen molar-refractivity contribution >= 4 is 33.1 Å². The first-order valence-electron chi connectivity index (χ1n) is 10.2. The molecule has 5 aromatic rings.